The number of rotatable bonds is 3. The first-order chi connectivity index (χ1) is 10.1. The molecule has 0 amide bonds. The Morgan fingerprint density at radius 3 is 2.76 bits per heavy atom. The lowest BCUT2D eigenvalue weighted by Crippen LogP contribution is -2.22. The van der Waals surface area contributed by atoms with E-state index in [-0.39, 0.29) is 12.0 Å². The molecule has 3 rings (SSSR count). The molecule has 2 aromatic rings. The van der Waals surface area contributed by atoms with E-state index in [0.29, 0.717) is 28.2 Å². The van der Waals surface area contributed by atoms with Crippen LogP contribution in [0.25, 0.3) is 0 Å². The quantitative estimate of drug-likeness (QED) is 0.926. The van der Waals surface area contributed by atoms with E-state index in [2.05, 4.69) is 10.1 Å². The predicted octanol–water partition coefficient (Wildman–Crippen LogP) is 3.99. The van der Waals surface area contributed by atoms with Crippen molar-refractivity contribution in [3.8, 4) is 0 Å². The minimum Gasteiger partial charge on any atom is -0.392 e. The molecule has 2 unspecified atom stereocenters. The van der Waals surface area contributed by atoms with Crippen LogP contribution in [0.15, 0.2) is 22.7 Å². The zero-order chi connectivity index (χ0) is 14.8. The highest BCUT2D eigenvalue weighted by Crippen LogP contribution is 2.32. The van der Waals surface area contributed by atoms with Gasteiger partial charge >= 0.3 is 0 Å². The summed E-state index contributed by atoms with van der Waals surface area (Å²) in [4.78, 5) is 4.42. The van der Waals surface area contributed by atoms with Gasteiger partial charge in [-0.1, -0.05) is 47.3 Å². The molecule has 1 N–H and O–H groups in total. The molecule has 1 aromatic carbocycles. The highest BCUT2D eigenvalue weighted by molar-refractivity contribution is 6.42. The highest BCUT2D eigenvalue weighted by Gasteiger charge is 2.29. The molecule has 1 fully saturated rings. The van der Waals surface area contributed by atoms with E-state index >= 15 is 0 Å². The van der Waals surface area contributed by atoms with Gasteiger partial charge in [0.2, 0.25) is 5.89 Å². The molecule has 21 heavy (non-hydrogen) atoms. The fourth-order valence-corrected chi connectivity index (χ4v) is 3.04. The zero-order valence-electron chi connectivity index (χ0n) is 11.4. The van der Waals surface area contributed by atoms with Gasteiger partial charge in [0.1, 0.15) is 0 Å². The number of aliphatic hydroxyl groups excluding tert-OH is 1. The SMILES string of the molecule is OC1CCCCC1c1nc(Cc2ccc(Cl)c(Cl)c2)no1. The first kappa shape index (κ1) is 14.8. The number of nitrogens with zero attached hydrogens (tertiary/aromatic N) is 2. The molecule has 1 aliphatic rings. The lowest BCUT2D eigenvalue weighted by atomic mass is 9.86. The standard InChI is InChI=1S/C15H16Cl2N2O2/c16-11-6-5-9(7-12(11)17)8-14-18-15(21-19-14)10-3-1-2-4-13(10)20/h5-7,10,13,20H,1-4,8H2. The van der Waals surface area contributed by atoms with Crippen LogP contribution in [-0.4, -0.2) is 21.4 Å². The van der Waals surface area contributed by atoms with Gasteiger partial charge in [0.05, 0.1) is 22.1 Å². The minimum absolute atomic E-state index is 0.0335. The second kappa shape index (κ2) is 6.34. The number of hydrogen-bond acceptors (Lipinski definition) is 4. The highest BCUT2D eigenvalue weighted by atomic mass is 35.5. The lowest BCUT2D eigenvalue weighted by Gasteiger charge is -2.24. The van der Waals surface area contributed by atoms with Gasteiger partial charge in [0, 0.05) is 6.42 Å². The second-order valence-electron chi connectivity index (χ2n) is 5.43. The van der Waals surface area contributed by atoms with Crippen LogP contribution in [0.2, 0.25) is 10.0 Å². The molecule has 1 aromatic heterocycles. The molecule has 1 aliphatic carbocycles. The van der Waals surface area contributed by atoms with E-state index in [4.69, 9.17) is 27.7 Å². The summed E-state index contributed by atoms with van der Waals surface area (Å²) in [7, 11) is 0. The molecule has 0 aliphatic heterocycles. The van der Waals surface area contributed by atoms with Crippen molar-refractivity contribution in [3.63, 3.8) is 0 Å². The van der Waals surface area contributed by atoms with E-state index in [0.717, 1.165) is 31.2 Å². The summed E-state index contributed by atoms with van der Waals surface area (Å²) < 4.78 is 5.32. The van der Waals surface area contributed by atoms with Crippen LogP contribution in [0.4, 0.5) is 0 Å². The van der Waals surface area contributed by atoms with Gasteiger partial charge in [-0.15, -0.1) is 0 Å². The maximum absolute atomic E-state index is 10.0. The molecule has 0 radical (unpaired) electrons. The van der Waals surface area contributed by atoms with Gasteiger partial charge in [-0.05, 0) is 30.5 Å². The van der Waals surface area contributed by atoms with Crippen molar-refractivity contribution in [1.82, 2.24) is 10.1 Å². The third-order valence-electron chi connectivity index (χ3n) is 3.88. The minimum atomic E-state index is -0.378. The van der Waals surface area contributed by atoms with Crippen LogP contribution in [0, 0.1) is 0 Å². The van der Waals surface area contributed by atoms with E-state index in [1.54, 1.807) is 12.1 Å². The smallest absolute Gasteiger partial charge is 0.232 e. The fourth-order valence-electron chi connectivity index (χ4n) is 2.72. The zero-order valence-corrected chi connectivity index (χ0v) is 12.9. The maximum atomic E-state index is 10.0. The average molecular weight is 327 g/mol. The third-order valence-corrected chi connectivity index (χ3v) is 4.62. The Kier molecular flexibility index (Phi) is 4.48. The van der Waals surface area contributed by atoms with Crippen LogP contribution in [0.1, 0.15) is 48.9 Å². The first-order valence-electron chi connectivity index (χ1n) is 7.08. The van der Waals surface area contributed by atoms with Crippen molar-refractivity contribution in [2.75, 3.05) is 0 Å². The Hall–Kier alpha value is -1.10. The molecule has 0 saturated heterocycles. The van der Waals surface area contributed by atoms with E-state index in [9.17, 15) is 5.11 Å². The van der Waals surface area contributed by atoms with Crippen LogP contribution < -0.4 is 0 Å². The maximum Gasteiger partial charge on any atom is 0.232 e. The topological polar surface area (TPSA) is 59.2 Å². The van der Waals surface area contributed by atoms with Crippen LogP contribution in [0.5, 0.6) is 0 Å². The Bertz CT molecular complexity index is 630. The van der Waals surface area contributed by atoms with Gasteiger partial charge in [0.25, 0.3) is 0 Å². The molecule has 0 bridgehead atoms. The summed E-state index contributed by atoms with van der Waals surface area (Å²) in [5.41, 5.74) is 0.973. The molecule has 4 nitrogen and oxygen atoms in total. The number of aliphatic hydroxyl groups is 1. The summed E-state index contributed by atoms with van der Waals surface area (Å²) in [5, 5.41) is 15.1. The average Bonchev–Trinajstić information content (AvgIpc) is 2.92. The molecular weight excluding hydrogens is 311 g/mol. The largest absolute Gasteiger partial charge is 0.392 e. The van der Waals surface area contributed by atoms with Crippen molar-refractivity contribution in [2.45, 2.75) is 44.1 Å². The van der Waals surface area contributed by atoms with Crippen molar-refractivity contribution in [3.05, 3.63) is 45.5 Å². The molecule has 1 heterocycles. The van der Waals surface area contributed by atoms with Gasteiger partial charge in [-0.2, -0.15) is 4.98 Å². The van der Waals surface area contributed by atoms with Gasteiger partial charge in [-0.3, -0.25) is 0 Å². The number of aromatic nitrogens is 2. The summed E-state index contributed by atoms with van der Waals surface area (Å²) in [6.45, 7) is 0. The third kappa shape index (κ3) is 3.39. The van der Waals surface area contributed by atoms with E-state index < -0.39 is 0 Å². The van der Waals surface area contributed by atoms with Crippen molar-refractivity contribution in [2.24, 2.45) is 0 Å². The van der Waals surface area contributed by atoms with Gasteiger partial charge < -0.3 is 9.63 Å². The summed E-state index contributed by atoms with van der Waals surface area (Å²) in [5.74, 6) is 1.10. The fraction of sp³-hybridized carbons (Fsp3) is 0.467. The van der Waals surface area contributed by atoms with E-state index in [1.807, 2.05) is 6.07 Å². The van der Waals surface area contributed by atoms with Crippen LogP contribution in [0.3, 0.4) is 0 Å². The number of halogens is 2. The monoisotopic (exact) mass is 326 g/mol. The number of hydrogen-bond donors (Lipinski definition) is 1. The number of benzene rings is 1. The normalized spacial score (nSPS) is 22.4. The Labute approximate surface area is 133 Å². The Morgan fingerprint density at radius 1 is 1.19 bits per heavy atom. The van der Waals surface area contributed by atoms with Gasteiger partial charge in [-0.25, -0.2) is 0 Å². The first-order valence-corrected chi connectivity index (χ1v) is 7.83. The summed E-state index contributed by atoms with van der Waals surface area (Å²) in [6, 6.07) is 5.44. The summed E-state index contributed by atoms with van der Waals surface area (Å²) in [6.07, 6.45) is 4.00. The van der Waals surface area contributed by atoms with E-state index in [1.165, 1.54) is 0 Å². The summed E-state index contributed by atoms with van der Waals surface area (Å²) >= 11 is 11.9. The Balaban J connectivity index is 1.74. The van der Waals surface area contributed by atoms with Crippen LogP contribution >= 0.6 is 23.2 Å². The molecule has 1 saturated carbocycles. The Morgan fingerprint density at radius 2 is 2.00 bits per heavy atom. The predicted molar refractivity (Wildman–Crippen MR) is 80.8 cm³/mol. The lowest BCUT2D eigenvalue weighted by molar-refractivity contribution is 0.0908. The van der Waals surface area contributed by atoms with Crippen molar-refractivity contribution in [1.29, 1.82) is 0 Å². The molecule has 2 atom stereocenters. The van der Waals surface area contributed by atoms with Crippen LogP contribution in [-0.2, 0) is 6.42 Å². The molecular formula is C15H16Cl2N2O2. The molecule has 6 heteroatoms. The molecule has 0 spiro atoms. The van der Waals surface area contributed by atoms with Gasteiger partial charge in [0.15, 0.2) is 5.82 Å². The van der Waals surface area contributed by atoms with Crippen molar-refractivity contribution < 1.29 is 9.63 Å². The van der Waals surface area contributed by atoms with Crippen molar-refractivity contribution >= 4 is 23.2 Å². The second-order valence-corrected chi connectivity index (χ2v) is 6.25. The molecule has 112 valence electrons.